The second-order valence-electron chi connectivity index (χ2n) is 35.4. The fraction of sp³-hybridized carbons (Fsp3) is 0. The van der Waals surface area contributed by atoms with E-state index < -0.39 is 0 Å². The van der Waals surface area contributed by atoms with Gasteiger partial charge in [0, 0.05) is 93.9 Å². The summed E-state index contributed by atoms with van der Waals surface area (Å²) in [5.74, 6) is 0. The second kappa shape index (κ2) is 37.9. The van der Waals surface area contributed by atoms with Crippen LogP contribution in [-0.4, -0.2) is 79.7 Å². The van der Waals surface area contributed by atoms with E-state index in [1.165, 1.54) is 0 Å². The van der Waals surface area contributed by atoms with Crippen LogP contribution >= 0.6 is 0 Å². The van der Waals surface area contributed by atoms with Crippen LogP contribution in [0.5, 0.6) is 0 Å². The number of benzene rings is 8. The number of fused-ring (bicyclic) bond motifs is 8. The number of hydrogen-bond acceptors (Lipinski definition) is 14. The summed E-state index contributed by atoms with van der Waals surface area (Å²) in [6.45, 7) is 0. The maximum Gasteiger partial charge on any atom is 0.0900 e. The maximum absolute atomic E-state index is 5.93. The van der Waals surface area contributed by atoms with E-state index in [9.17, 15) is 0 Å². The quantitative estimate of drug-likeness (QED) is 0.0727. The highest BCUT2D eigenvalue weighted by Gasteiger charge is 2.25. The minimum atomic E-state index is 0.757. The van der Waals surface area contributed by atoms with Crippen LogP contribution in [0, 0.1) is 0 Å². The van der Waals surface area contributed by atoms with Crippen molar-refractivity contribution in [3.8, 4) is 225 Å². The van der Waals surface area contributed by atoms with Crippen molar-refractivity contribution in [2.75, 3.05) is 0 Å². The molecule has 16 heteroatoms. The number of H-pyrrole nitrogens is 2. The number of rotatable bonds is 20. The summed E-state index contributed by atoms with van der Waals surface area (Å²) in [4.78, 5) is 78.3. The molecule has 2 N–H and O–H groups in total. The lowest BCUT2D eigenvalue weighted by Crippen LogP contribution is -1.94. The van der Waals surface area contributed by atoms with Crippen molar-refractivity contribution < 1.29 is 0 Å². The summed E-state index contributed by atoms with van der Waals surface area (Å²) in [6.07, 6.45) is 23.1. The van der Waals surface area contributed by atoms with E-state index in [0.29, 0.717) is 0 Å². The van der Waals surface area contributed by atoms with Gasteiger partial charge in [0.15, 0.2) is 0 Å². The first-order valence-corrected chi connectivity index (χ1v) is 47.7. The molecule has 144 heavy (non-hydrogen) atoms. The molecule has 0 spiro atoms. The molecule has 23 aromatic rings. The Hall–Kier alpha value is -19.8. The number of aromatic amines is 2. The van der Waals surface area contributed by atoms with Gasteiger partial charge in [-0.25, -0.2) is 29.9 Å². The molecule has 25 rings (SSSR count). The summed E-state index contributed by atoms with van der Waals surface area (Å²) in [7, 11) is 0. The molecule has 15 aromatic heterocycles. The monoisotopic (exact) mass is 1840 g/mol. The Labute approximate surface area is 830 Å². The summed E-state index contributed by atoms with van der Waals surface area (Å²) in [5.41, 5.74) is 42.5. The standard InChI is InChI=1S/C128H82N16/c1-9-61-129-101(29-1)117-73-97(74-118(141-117)102-30-2-10-62-130-102)85-45-37-81(38-46-85)89-21-17-25-93(69-89)125-109-53-55-111(137-109)126(94-26-18-22-90(70-94)82-39-47-86(48-40-82)98-75-119(103-31-3-11-63-131-103)142-120(76-98)104-32-4-12-64-132-104)113-57-59-115(139-113)128(96-28-20-24-92(72-96)84-43-51-88(52-44-84)100-79-123(107-35-7-15-67-135-107)144-124(80-100)108-36-8-16-68-136-108)116-60-58-114(140-116)127(112-56-54-110(125)138-112)95-27-19-23-91(71-95)83-41-49-87(50-42-83)99-77-121(105-33-5-13-65-133-105)143-122(78-99)106-34-6-14-66-134-106/h1-80,137,140H. The third-order valence-electron chi connectivity index (χ3n) is 26.3. The van der Waals surface area contributed by atoms with Gasteiger partial charge >= 0.3 is 0 Å². The van der Waals surface area contributed by atoms with Crippen LogP contribution in [0.1, 0.15) is 22.8 Å². The van der Waals surface area contributed by atoms with Gasteiger partial charge in [-0.05, 0) is 330 Å². The van der Waals surface area contributed by atoms with Crippen molar-refractivity contribution in [2.24, 2.45) is 0 Å². The Kier molecular flexibility index (Phi) is 22.6. The molecule has 0 radical (unpaired) electrons. The van der Waals surface area contributed by atoms with E-state index in [1.54, 1.807) is 49.6 Å². The molecule has 0 saturated carbocycles. The van der Waals surface area contributed by atoms with E-state index in [0.717, 1.165) is 269 Å². The Balaban J connectivity index is 0.663. The molecular formula is C128H82N16. The average molecular weight is 1840 g/mol. The topological polar surface area (TPSA) is 212 Å². The Bertz CT molecular complexity index is 7770. The molecular weight excluding hydrogens is 1760 g/mol. The van der Waals surface area contributed by atoms with Crippen LogP contribution in [0.3, 0.4) is 0 Å². The lowest BCUT2D eigenvalue weighted by atomic mass is 9.96. The van der Waals surface area contributed by atoms with Gasteiger partial charge in [-0.1, -0.05) is 218 Å². The fourth-order valence-electron chi connectivity index (χ4n) is 19.2. The minimum absolute atomic E-state index is 0.757. The molecule has 8 aromatic carbocycles. The molecule has 8 bridgehead atoms. The highest BCUT2D eigenvalue weighted by Crippen LogP contribution is 2.45. The van der Waals surface area contributed by atoms with Crippen molar-refractivity contribution in [1.29, 1.82) is 0 Å². The van der Waals surface area contributed by atoms with Crippen molar-refractivity contribution in [1.82, 2.24) is 79.7 Å². The average Bonchev–Trinajstić information content (AvgIpc) is 1.61. The van der Waals surface area contributed by atoms with Gasteiger partial charge in [-0.2, -0.15) is 0 Å². The first kappa shape index (κ1) is 85.8. The smallest absolute Gasteiger partial charge is 0.0900 e. The normalized spacial score (nSPS) is 11.6. The molecule has 0 amide bonds. The number of aromatic nitrogens is 16. The molecule has 0 atom stereocenters. The summed E-state index contributed by atoms with van der Waals surface area (Å²) in [5, 5.41) is 0. The van der Waals surface area contributed by atoms with Crippen molar-refractivity contribution >= 4 is 46.4 Å². The summed E-state index contributed by atoms with van der Waals surface area (Å²) in [6, 6.07) is 143. The van der Waals surface area contributed by atoms with E-state index in [1.807, 2.05) is 146 Å². The van der Waals surface area contributed by atoms with E-state index in [4.69, 9.17) is 69.8 Å². The molecule has 0 fully saturated rings. The van der Waals surface area contributed by atoms with Crippen LogP contribution in [0.2, 0.25) is 0 Å². The van der Waals surface area contributed by atoms with Crippen LogP contribution in [0.25, 0.3) is 271 Å². The van der Waals surface area contributed by atoms with Gasteiger partial charge in [0.25, 0.3) is 0 Å². The van der Waals surface area contributed by atoms with Crippen LogP contribution in [-0.2, 0) is 0 Å². The molecule has 674 valence electrons. The molecule has 17 heterocycles. The predicted molar refractivity (Wildman–Crippen MR) is 581 cm³/mol. The lowest BCUT2D eigenvalue weighted by Gasteiger charge is -2.12. The lowest BCUT2D eigenvalue weighted by molar-refractivity contribution is 1.22. The molecule has 16 nitrogen and oxygen atoms in total. The minimum Gasteiger partial charge on any atom is -0.354 e. The van der Waals surface area contributed by atoms with Crippen LogP contribution in [0.15, 0.2) is 462 Å². The van der Waals surface area contributed by atoms with Gasteiger partial charge < -0.3 is 9.97 Å². The van der Waals surface area contributed by atoms with E-state index in [2.05, 4.69) is 301 Å². The summed E-state index contributed by atoms with van der Waals surface area (Å²) < 4.78 is 0. The third-order valence-corrected chi connectivity index (χ3v) is 26.3. The number of nitrogens with zero attached hydrogens (tertiary/aromatic N) is 14. The van der Waals surface area contributed by atoms with Gasteiger partial charge in [-0.3, -0.25) is 39.9 Å². The highest BCUT2D eigenvalue weighted by atomic mass is 14.9. The van der Waals surface area contributed by atoms with Gasteiger partial charge in [0.1, 0.15) is 0 Å². The molecule has 2 aliphatic heterocycles. The highest BCUT2D eigenvalue weighted by molar-refractivity contribution is 6.02. The number of pyridine rings is 12. The van der Waals surface area contributed by atoms with Gasteiger partial charge in [-0.15, -0.1) is 0 Å². The van der Waals surface area contributed by atoms with Gasteiger partial charge in [0.05, 0.1) is 114 Å². The predicted octanol–water partition coefficient (Wildman–Crippen LogP) is 30.7. The number of hydrogen-bond donors (Lipinski definition) is 2. The SMILES string of the molecule is C1=Cc2nc1c(-c1cccc(-c3ccc(-c4cc(-c5ccccn5)nc(-c5ccccn5)c4)cc3)c1)c1ccc([nH]1)c(-c1cccc(-c3ccc(-c4cc(-c5ccccn5)nc(-c5ccccn5)c4)cc3)c1)c1nc(c(-c3cccc(-c4ccc(-c5cc(-c6ccccn6)nc(-c6ccccn6)c5)cc4)c3)c3ccc([nH]3)c2-c2cccc(-c3ccc(-c4cc(-c5ccccn5)nc(-c5ccccn5)c4)cc3)c2)C=C1. The van der Waals surface area contributed by atoms with Crippen molar-refractivity contribution in [3.63, 3.8) is 0 Å². The molecule has 0 unspecified atom stereocenters. The Morgan fingerprint density at radius 1 is 0.118 bits per heavy atom. The summed E-state index contributed by atoms with van der Waals surface area (Å²) >= 11 is 0. The molecule has 0 aliphatic carbocycles. The first-order valence-electron chi connectivity index (χ1n) is 47.7. The zero-order chi connectivity index (χ0) is 95.6. The van der Waals surface area contributed by atoms with Crippen LogP contribution in [0.4, 0.5) is 0 Å². The zero-order valence-electron chi connectivity index (χ0n) is 77.4. The first-order chi connectivity index (χ1) is 71.3. The largest absolute Gasteiger partial charge is 0.354 e. The van der Waals surface area contributed by atoms with Crippen molar-refractivity contribution in [3.05, 3.63) is 485 Å². The molecule has 0 saturated heterocycles. The van der Waals surface area contributed by atoms with Crippen molar-refractivity contribution in [2.45, 2.75) is 0 Å². The molecule has 2 aliphatic rings. The third kappa shape index (κ3) is 17.5. The Morgan fingerprint density at radius 2 is 0.285 bits per heavy atom. The second-order valence-corrected chi connectivity index (χ2v) is 35.4. The van der Waals surface area contributed by atoms with Crippen LogP contribution < -0.4 is 0 Å². The maximum atomic E-state index is 5.93. The Morgan fingerprint density at radius 3 is 0.451 bits per heavy atom. The fourth-order valence-corrected chi connectivity index (χ4v) is 19.2. The van der Waals surface area contributed by atoms with E-state index >= 15 is 0 Å². The number of nitrogens with one attached hydrogen (secondary N) is 2. The zero-order valence-corrected chi connectivity index (χ0v) is 77.4. The van der Waals surface area contributed by atoms with E-state index in [-0.39, 0.29) is 0 Å². The van der Waals surface area contributed by atoms with Gasteiger partial charge in [0.2, 0.25) is 0 Å².